The molecule has 1 atom stereocenters. The Balaban J connectivity index is 2.06. The number of carbonyl (C=O) groups is 2. The normalized spacial score (nSPS) is 11.6. The van der Waals surface area contributed by atoms with Gasteiger partial charge in [-0.05, 0) is 24.1 Å². The van der Waals surface area contributed by atoms with Gasteiger partial charge in [-0.3, -0.25) is 14.4 Å². The van der Waals surface area contributed by atoms with Gasteiger partial charge >= 0.3 is 5.97 Å². The maximum absolute atomic E-state index is 12.2. The van der Waals surface area contributed by atoms with Crippen LogP contribution in [0.15, 0.2) is 47.4 Å². The van der Waals surface area contributed by atoms with Crippen molar-refractivity contribution in [1.29, 1.82) is 0 Å². The van der Waals surface area contributed by atoms with E-state index < -0.39 is 17.8 Å². The van der Waals surface area contributed by atoms with E-state index in [9.17, 15) is 19.5 Å². The lowest BCUT2D eigenvalue weighted by molar-refractivity contribution is -0.141. The van der Waals surface area contributed by atoms with Crippen molar-refractivity contribution in [2.75, 3.05) is 13.7 Å². The second kappa shape index (κ2) is 8.14. The topological polar surface area (TPSA) is 97.6 Å². The van der Waals surface area contributed by atoms with Gasteiger partial charge in [-0.25, -0.2) is 0 Å². The van der Waals surface area contributed by atoms with Gasteiger partial charge in [-0.15, -0.1) is 0 Å². The highest BCUT2D eigenvalue weighted by atomic mass is 16.5. The van der Waals surface area contributed by atoms with Gasteiger partial charge in [0.25, 0.3) is 5.91 Å². The first-order valence-corrected chi connectivity index (χ1v) is 7.72. The number of aromatic nitrogens is 1. The summed E-state index contributed by atoms with van der Waals surface area (Å²) in [6, 6.07) is 9.87. The summed E-state index contributed by atoms with van der Waals surface area (Å²) in [5.41, 5.74) is 0.827. The number of nitrogens with zero attached hydrogens (tertiary/aromatic N) is 1. The Labute approximate surface area is 144 Å². The van der Waals surface area contributed by atoms with Gasteiger partial charge in [0.1, 0.15) is 5.75 Å². The first-order valence-electron chi connectivity index (χ1n) is 7.72. The minimum Gasteiger partial charge on any atom is -0.496 e. The maximum Gasteiger partial charge on any atom is 0.308 e. The van der Waals surface area contributed by atoms with E-state index in [1.54, 1.807) is 31.3 Å². The third kappa shape index (κ3) is 4.69. The highest BCUT2D eigenvalue weighted by Gasteiger charge is 2.21. The number of ether oxygens (including phenoxy) is 1. The number of methoxy groups -OCH3 is 1. The Morgan fingerprint density at radius 1 is 1.24 bits per heavy atom. The lowest BCUT2D eigenvalue weighted by Crippen LogP contribution is -2.34. The molecule has 0 fully saturated rings. The van der Waals surface area contributed by atoms with Gasteiger partial charge in [-0.1, -0.05) is 18.2 Å². The van der Waals surface area contributed by atoms with Crippen molar-refractivity contribution >= 4 is 11.9 Å². The van der Waals surface area contributed by atoms with Gasteiger partial charge in [-0.2, -0.15) is 0 Å². The third-order valence-corrected chi connectivity index (χ3v) is 3.87. The molecule has 132 valence electrons. The van der Waals surface area contributed by atoms with E-state index in [-0.39, 0.29) is 18.5 Å². The minimum atomic E-state index is -1.01. The summed E-state index contributed by atoms with van der Waals surface area (Å²) in [7, 11) is 3.07. The van der Waals surface area contributed by atoms with Crippen LogP contribution in [0.2, 0.25) is 0 Å². The SMILES string of the molecule is COc1ccccc1CC(CNC(=O)c1ccc(=O)n(C)c1)C(=O)O. The van der Waals surface area contributed by atoms with E-state index in [1.807, 2.05) is 0 Å². The predicted molar refractivity (Wildman–Crippen MR) is 91.8 cm³/mol. The molecule has 2 aromatic rings. The monoisotopic (exact) mass is 344 g/mol. The number of carbonyl (C=O) groups excluding carboxylic acids is 1. The Hall–Kier alpha value is -3.09. The first-order chi connectivity index (χ1) is 11.9. The second-order valence-electron chi connectivity index (χ2n) is 5.63. The van der Waals surface area contributed by atoms with Crippen molar-refractivity contribution in [2.24, 2.45) is 13.0 Å². The minimum absolute atomic E-state index is 0.0327. The molecule has 7 nitrogen and oxygen atoms in total. The van der Waals surface area contributed by atoms with Gasteiger partial charge < -0.3 is 19.7 Å². The van der Waals surface area contributed by atoms with E-state index in [2.05, 4.69) is 5.32 Å². The van der Waals surface area contributed by atoms with Gasteiger partial charge in [0.05, 0.1) is 18.6 Å². The van der Waals surface area contributed by atoms with Crippen LogP contribution in [-0.2, 0) is 18.3 Å². The molecule has 2 rings (SSSR count). The Kier molecular flexibility index (Phi) is 5.94. The molecule has 0 spiro atoms. The highest BCUT2D eigenvalue weighted by molar-refractivity contribution is 5.94. The van der Waals surface area contributed by atoms with Crippen LogP contribution in [0.5, 0.6) is 5.75 Å². The summed E-state index contributed by atoms with van der Waals surface area (Å²) in [6.45, 7) is -0.0327. The number of rotatable bonds is 7. The summed E-state index contributed by atoms with van der Waals surface area (Å²) >= 11 is 0. The average Bonchev–Trinajstić information content (AvgIpc) is 2.60. The molecule has 1 amide bonds. The molecule has 1 aromatic heterocycles. The van der Waals surface area contributed by atoms with Gasteiger partial charge in [0.2, 0.25) is 5.56 Å². The first kappa shape index (κ1) is 18.3. The van der Waals surface area contributed by atoms with Crippen molar-refractivity contribution < 1.29 is 19.4 Å². The largest absolute Gasteiger partial charge is 0.496 e. The number of para-hydroxylation sites is 1. The maximum atomic E-state index is 12.2. The van der Waals surface area contributed by atoms with E-state index in [1.165, 1.54) is 30.0 Å². The van der Waals surface area contributed by atoms with E-state index in [4.69, 9.17) is 4.74 Å². The van der Waals surface area contributed by atoms with Crippen molar-refractivity contribution in [2.45, 2.75) is 6.42 Å². The zero-order chi connectivity index (χ0) is 18.4. The number of carboxylic acids is 1. The fourth-order valence-corrected chi connectivity index (χ4v) is 2.43. The number of carboxylic acid groups (broad SMARTS) is 1. The summed E-state index contributed by atoms with van der Waals surface area (Å²) in [5, 5.41) is 12.0. The van der Waals surface area contributed by atoms with Gasteiger partial charge in [0.15, 0.2) is 0 Å². The number of nitrogens with one attached hydrogen (secondary N) is 1. The third-order valence-electron chi connectivity index (χ3n) is 3.87. The summed E-state index contributed by atoms with van der Waals surface area (Å²) in [5.74, 6) is -1.63. The predicted octanol–water partition coefficient (Wildman–Crippen LogP) is 1.07. The van der Waals surface area contributed by atoms with Crippen LogP contribution in [0.3, 0.4) is 0 Å². The summed E-state index contributed by atoms with van der Waals surface area (Å²) in [6.07, 6.45) is 1.64. The zero-order valence-corrected chi connectivity index (χ0v) is 14.1. The lowest BCUT2D eigenvalue weighted by Gasteiger charge is -2.15. The molecular formula is C18H20N2O5. The van der Waals surface area contributed by atoms with Crippen molar-refractivity contribution in [3.8, 4) is 5.75 Å². The Bertz CT molecular complexity index is 828. The number of hydrogen-bond acceptors (Lipinski definition) is 4. The lowest BCUT2D eigenvalue weighted by atomic mass is 9.98. The van der Waals surface area contributed by atoms with Crippen LogP contribution in [0.25, 0.3) is 0 Å². The molecule has 25 heavy (non-hydrogen) atoms. The Morgan fingerprint density at radius 2 is 1.96 bits per heavy atom. The zero-order valence-electron chi connectivity index (χ0n) is 14.1. The number of aryl methyl sites for hydroxylation is 1. The van der Waals surface area contributed by atoms with E-state index in [0.29, 0.717) is 11.3 Å². The van der Waals surface area contributed by atoms with Crippen LogP contribution < -0.4 is 15.6 Å². The van der Waals surface area contributed by atoms with Crippen molar-refractivity contribution in [3.05, 3.63) is 64.1 Å². The number of amides is 1. The molecule has 1 unspecified atom stereocenters. The van der Waals surface area contributed by atoms with E-state index >= 15 is 0 Å². The molecule has 1 heterocycles. The van der Waals surface area contributed by atoms with Crippen molar-refractivity contribution in [1.82, 2.24) is 9.88 Å². The summed E-state index contributed by atoms with van der Waals surface area (Å²) in [4.78, 5) is 35.0. The molecule has 7 heteroatoms. The molecular weight excluding hydrogens is 324 g/mol. The number of benzene rings is 1. The van der Waals surface area contributed by atoms with Crippen LogP contribution in [0.1, 0.15) is 15.9 Å². The molecule has 0 saturated carbocycles. The number of hydrogen-bond donors (Lipinski definition) is 2. The number of aliphatic carboxylic acids is 1. The molecule has 0 aliphatic rings. The molecule has 2 N–H and O–H groups in total. The van der Waals surface area contributed by atoms with Gasteiger partial charge in [0, 0.05) is 25.9 Å². The fraction of sp³-hybridized carbons (Fsp3) is 0.278. The van der Waals surface area contributed by atoms with E-state index in [0.717, 1.165) is 5.56 Å². The smallest absolute Gasteiger partial charge is 0.308 e. The quantitative estimate of drug-likeness (QED) is 0.783. The standard InChI is InChI=1S/C18H20N2O5/c1-20-11-13(7-8-16(20)21)17(22)19-10-14(18(23)24)9-12-5-3-4-6-15(12)25-2/h3-8,11,14H,9-10H2,1-2H3,(H,19,22)(H,23,24). The molecule has 0 aliphatic carbocycles. The molecule has 0 aliphatic heterocycles. The number of pyridine rings is 1. The fourth-order valence-electron chi connectivity index (χ4n) is 2.43. The summed E-state index contributed by atoms with van der Waals surface area (Å²) < 4.78 is 6.52. The molecule has 0 radical (unpaired) electrons. The molecule has 0 bridgehead atoms. The van der Waals surface area contributed by atoms with Crippen LogP contribution in [-0.4, -0.2) is 35.2 Å². The second-order valence-corrected chi connectivity index (χ2v) is 5.63. The van der Waals surface area contributed by atoms with Crippen LogP contribution >= 0.6 is 0 Å². The molecule has 1 aromatic carbocycles. The Morgan fingerprint density at radius 3 is 2.60 bits per heavy atom. The average molecular weight is 344 g/mol. The molecule has 0 saturated heterocycles. The highest BCUT2D eigenvalue weighted by Crippen LogP contribution is 2.21. The van der Waals surface area contributed by atoms with Crippen LogP contribution in [0.4, 0.5) is 0 Å². The van der Waals surface area contributed by atoms with Crippen LogP contribution in [0, 0.1) is 5.92 Å². The van der Waals surface area contributed by atoms with Crippen molar-refractivity contribution in [3.63, 3.8) is 0 Å².